The fourth-order valence-corrected chi connectivity index (χ4v) is 10.3. The predicted octanol–water partition coefficient (Wildman–Crippen LogP) is -9.19. The number of rotatable bonds is 45. The molecule has 0 aromatic carbocycles. The molecule has 0 aliphatic carbocycles. The fourth-order valence-electron chi connectivity index (χ4n) is 9.24. The van der Waals surface area contributed by atoms with Crippen molar-refractivity contribution < 1.29 is 127 Å². The Kier molecular flexibility index (Phi) is 34.5. The highest BCUT2D eigenvalue weighted by atomic mass is 32.3. The zero-order chi connectivity index (χ0) is 69.5. The number of amides is 8. The van der Waals surface area contributed by atoms with E-state index in [1.54, 1.807) is 0 Å². The minimum Gasteiger partial charge on any atom is -0.394 e. The SMILES string of the molecule is CC(=O)N[C@H]1[C@H](OCc2cn(CCCC[C@H](NC(C)=O)C(=O)NCCOCCOCC(=O)NCC(=O)N[C@@H](CCCCn3cc(CO[C@@H]4O[C@H](CO)[C@H](OS(=O)(=O)O)[C@H](O)[C@H]4O)nn3)C(=O)NCC(=O)N[C@@H](CCCCN)C(N)=O)nn2)O[C@H](CO)[C@H](OS(=O)(=O)O)[C@@H]1O. The number of aromatic nitrogens is 6. The van der Waals surface area contributed by atoms with E-state index < -0.39 is 180 Å². The third-order valence-corrected chi connectivity index (χ3v) is 14.7. The molecule has 44 heteroatoms. The van der Waals surface area contributed by atoms with E-state index in [-0.39, 0.29) is 83.2 Å². The van der Waals surface area contributed by atoms with Gasteiger partial charge in [-0.2, -0.15) is 16.8 Å². The lowest BCUT2D eigenvalue weighted by molar-refractivity contribution is -0.300. The quantitative estimate of drug-likeness (QED) is 0.0216. The van der Waals surface area contributed by atoms with Gasteiger partial charge in [-0.15, -0.1) is 10.2 Å². The molecule has 0 bridgehead atoms. The van der Waals surface area contributed by atoms with Gasteiger partial charge in [0.2, 0.25) is 47.3 Å². The molecule has 13 atom stereocenters. The normalized spacial score (nSPS) is 22.4. The van der Waals surface area contributed by atoms with Gasteiger partial charge in [0.25, 0.3) is 0 Å². The number of nitrogens with two attached hydrogens (primary N) is 2. The Bertz CT molecular complexity index is 2970. The molecule has 0 spiro atoms. The molecule has 4 heterocycles. The van der Waals surface area contributed by atoms with Gasteiger partial charge in [0, 0.05) is 33.5 Å². The van der Waals surface area contributed by atoms with Gasteiger partial charge in [0.05, 0.1) is 71.7 Å². The van der Waals surface area contributed by atoms with E-state index in [1.807, 2.05) is 0 Å². The number of aliphatic hydroxyl groups is 5. The molecule has 0 saturated carbocycles. The number of primary amides is 1. The molecule has 18 N–H and O–H groups in total. The first-order valence-electron chi connectivity index (χ1n) is 29.5. The van der Waals surface area contributed by atoms with Crippen LogP contribution in [0.2, 0.25) is 0 Å². The van der Waals surface area contributed by atoms with Crippen LogP contribution in [0.25, 0.3) is 0 Å². The van der Waals surface area contributed by atoms with Crippen LogP contribution in [0, 0.1) is 0 Å². The summed E-state index contributed by atoms with van der Waals surface area (Å²) in [7, 11) is -10.2. The van der Waals surface area contributed by atoms with E-state index in [4.69, 9.17) is 49.0 Å². The lowest BCUT2D eigenvalue weighted by Crippen LogP contribution is -2.65. The number of unbranched alkanes of at least 4 members (excludes halogenated alkanes) is 3. The lowest BCUT2D eigenvalue weighted by atomic mass is 9.97. The molecule has 2 aliphatic heterocycles. The van der Waals surface area contributed by atoms with Gasteiger partial charge < -0.3 is 103 Å². The van der Waals surface area contributed by atoms with E-state index in [0.29, 0.717) is 45.2 Å². The summed E-state index contributed by atoms with van der Waals surface area (Å²) in [6, 6.07) is -4.57. The lowest BCUT2D eigenvalue weighted by Gasteiger charge is -2.43. The third kappa shape index (κ3) is 29.5. The smallest absolute Gasteiger partial charge is 0.394 e. The molecule has 2 fully saturated rings. The van der Waals surface area contributed by atoms with E-state index in [2.05, 4.69) is 66.2 Å². The maximum absolute atomic E-state index is 13.4. The Labute approximate surface area is 538 Å². The van der Waals surface area contributed by atoms with Crippen LogP contribution in [0.5, 0.6) is 0 Å². The summed E-state index contributed by atoms with van der Waals surface area (Å²) in [4.78, 5) is 101. The number of carbonyl (C=O) groups excluding carboxylic acids is 8. The Morgan fingerprint density at radius 1 is 0.606 bits per heavy atom. The number of aliphatic hydroxyl groups excluding tert-OH is 5. The predicted molar refractivity (Wildman–Crippen MR) is 312 cm³/mol. The van der Waals surface area contributed by atoms with Gasteiger partial charge in [0.15, 0.2) is 12.6 Å². The van der Waals surface area contributed by atoms with Gasteiger partial charge in [0.1, 0.15) is 84.9 Å². The van der Waals surface area contributed by atoms with Crippen LogP contribution in [0.15, 0.2) is 12.4 Å². The Morgan fingerprint density at radius 3 is 1.63 bits per heavy atom. The van der Waals surface area contributed by atoms with Crippen molar-refractivity contribution in [1.82, 2.24) is 67.2 Å². The van der Waals surface area contributed by atoms with Crippen molar-refractivity contribution in [2.75, 3.05) is 65.8 Å². The van der Waals surface area contributed by atoms with Crippen LogP contribution < -0.4 is 48.7 Å². The average molecular weight is 1390 g/mol. The highest BCUT2D eigenvalue weighted by Gasteiger charge is 2.50. The van der Waals surface area contributed by atoms with Gasteiger partial charge in [-0.05, 0) is 64.3 Å². The van der Waals surface area contributed by atoms with Crippen molar-refractivity contribution in [2.45, 2.75) is 177 Å². The topological polar surface area (TPSA) is 618 Å². The molecule has 8 amide bonds. The number of hydrogen-bond donors (Lipinski definition) is 16. The Balaban J connectivity index is 1.16. The first kappa shape index (κ1) is 79.7. The van der Waals surface area contributed by atoms with Crippen LogP contribution in [0.1, 0.15) is 83.0 Å². The number of carbonyl (C=O) groups is 8. The molecule has 42 nitrogen and oxygen atoms in total. The van der Waals surface area contributed by atoms with Crippen molar-refractivity contribution in [3.63, 3.8) is 0 Å². The van der Waals surface area contributed by atoms with E-state index in [0.717, 1.165) is 6.92 Å². The van der Waals surface area contributed by atoms with Gasteiger partial charge in [-0.25, -0.2) is 8.37 Å². The minimum absolute atomic E-state index is 0.00737. The second-order valence-electron chi connectivity index (χ2n) is 21.3. The Hall–Kier alpha value is -6.70. The number of nitrogens with one attached hydrogen (secondary N) is 7. The zero-order valence-corrected chi connectivity index (χ0v) is 53.0. The van der Waals surface area contributed by atoms with Crippen LogP contribution in [-0.2, 0) is 122 Å². The number of hydrogen-bond acceptors (Lipinski definition) is 30. The maximum Gasteiger partial charge on any atom is 0.397 e. The van der Waals surface area contributed by atoms with Crippen LogP contribution >= 0.6 is 0 Å². The summed E-state index contributed by atoms with van der Waals surface area (Å²) in [5, 5.41) is 84.4. The van der Waals surface area contributed by atoms with Gasteiger partial charge in [-0.1, -0.05) is 10.4 Å². The van der Waals surface area contributed by atoms with Crippen molar-refractivity contribution >= 4 is 68.1 Å². The van der Waals surface area contributed by atoms with Crippen molar-refractivity contribution in [1.29, 1.82) is 0 Å². The average Bonchev–Trinajstić information content (AvgIpc) is 0.897. The second-order valence-corrected chi connectivity index (χ2v) is 23.4. The summed E-state index contributed by atoms with van der Waals surface area (Å²) >= 11 is 0. The van der Waals surface area contributed by atoms with E-state index >= 15 is 0 Å². The molecule has 0 radical (unpaired) electrons. The highest BCUT2D eigenvalue weighted by Crippen LogP contribution is 2.28. The molecule has 2 aromatic rings. The summed E-state index contributed by atoms with van der Waals surface area (Å²) in [6.45, 7) is -0.833. The van der Waals surface area contributed by atoms with Crippen LogP contribution in [0.4, 0.5) is 0 Å². The van der Waals surface area contributed by atoms with Crippen LogP contribution in [-0.4, -0.2) is 274 Å². The molecule has 2 saturated heterocycles. The monoisotopic (exact) mass is 1390 g/mol. The number of ether oxygens (including phenoxy) is 6. The van der Waals surface area contributed by atoms with E-state index in [1.165, 1.54) is 28.7 Å². The molecule has 534 valence electrons. The van der Waals surface area contributed by atoms with Gasteiger partial charge >= 0.3 is 20.8 Å². The van der Waals surface area contributed by atoms with Gasteiger partial charge in [-0.3, -0.25) is 56.8 Å². The van der Waals surface area contributed by atoms with Crippen LogP contribution in [0.3, 0.4) is 0 Å². The van der Waals surface area contributed by atoms with E-state index in [9.17, 15) is 80.7 Å². The molecular weight excluding hydrogens is 1310 g/mol. The molecule has 94 heavy (non-hydrogen) atoms. The first-order chi connectivity index (χ1) is 44.5. The summed E-state index contributed by atoms with van der Waals surface area (Å²) in [6.07, 6.45) is -9.37. The highest BCUT2D eigenvalue weighted by molar-refractivity contribution is 7.81. The van der Waals surface area contributed by atoms with Crippen molar-refractivity contribution in [2.24, 2.45) is 11.5 Å². The minimum atomic E-state index is -5.10. The number of nitrogens with zero attached hydrogens (tertiary/aromatic N) is 6. The second kappa shape index (κ2) is 40.6. The fraction of sp³-hybridized carbons (Fsp3) is 0.760. The Morgan fingerprint density at radius 2 is 1.10 bits per heavy atom. The standard InChI is InChI=1S/C50H85N15O27S2/c1-28(68)56-33(10-4-7-14-64-21-30(60-62-64)25-87-49-40(57-29(2)69)41(73)44(35(23-66)89-49)91-93(79,80)81)47(77)53-13-16-85-17-18-86-27-39(72)54-19-37(70)59-34(48(78)55-20-38(71)58-32(46(52)76)9-3-6-12-51)11-5-8-15-65-22-31(61-63-65)26-88-50-43(75)42(74)45(36(24-67)90-50)92-94(82,83)84/h21-22,32-36,40-45,49-50,66-67,73-75H,3-20,23-27,51H2,1-2H3,(H2,52,76)(H,53,77)(H,54,72)(H,55,78)(H,56,68)(H,57,69)(H,58,71)(H,59,70)(H,79,80,81)(H,82,83,84)/t32-,33-,34-,35+,36+,40+,41+,42+,43+,44-,45-,49+,50+/m0/s1. The molecule has 4 rings (SSSR count). The molecule has 2 aromatic heterocycles. The zero-order valence-electron chi connectivity index (χ0n) is 51.4. The van der Waals surface area contributed by atoms with Crippen molar-refractivity contribution in [3.8, 4) is 0 Å². The summed E-state index contributed by atoms with van der Waals surface area (Å²) < 4.78 is 108. The molecule has 0 unspecified atom stereocenters. The number of aryl methyl sites for hydroxylation is 2. The van der Waals surface area contributed by atoms with Crippen molar-refractivity contribution in [3.05, 3.63) is 23.8 Å². The maximum atomic E-state index is 13.4. The first-order valence-corrected chi connectivity index (χ1v) is 32.2. The largest absolute Gasteiger partial charge is 0.397 e. The summed E-state index contributed by atoms with van der Waals surface area (Å²) in [5.74, 6) is -5.40. The molecular formula is C50H85N15O27S2. The summed E-state index contributed by atoms with van der Waals surface area (Å²) in [5.41, 5.74) is 11.4. The molecule has 2 aliphatic rings. The third-order valence-electron chi connectivity index (χ3n) is 13.7.